The van der Waals surface area contributed by atoms with E-state index in [2.05, 4.69) is 10.4 Å². The maximum Gasteiger partial charge on any atom is 0.436 e. The van der Waals surface area contributed by atoms with Crippen LogP contribution in [0.5, 0.6) is 0 Å². The monoisotopic (exact) mass is 510 g/mol. The highest BCUT2D eigenvalue weighted by Gasteiger charge is 2.54. The number of nitrogens with one attached hydrogen (secondary N) is 1. The molecule has 2 N–H and O–H groups in total. The van der Waals surface area contributed by atoms with Gasteiger partial charge in [0.05, 0.1) is 17.3 Å². The summed E-state index contributed by atoms with van der Waals surface area (Å²) < 4.78 is 44.6. The Bertz CT molecular complexity index is 1060. The van der Waals surface area contributed by atoms with Crippen molar-refractivity contribution in [2.45, 2.75) is 44.4 Å². The number of aliphatic carboxylic acids is 1. The standard InChI is InChI=1S/C18H18ClF3N4O6S/c1-7-11(19)14(18(20,21)22)24-25(7)4-3-10(28)23-12-15(29)26-13(17(30)31)9(5-32-8(2)27)6-33-16(12)26/h12,16H,3-6H2,1-2H3,(H,23,28)(H,30,31). The van der Waals surface area contributed by atoms with E-state index >= 15 is 0 Å². The molecule has 0 aliphatic carbocycles. The van der Waals surface area contributed by atoms with Gasteiger partial charge in [-0.3, -0.25) is 24.0 Å². The second-order valence-electron chi connectivity index (χ2n) is 7.21. The van der Waals surface area contributed by atoms with Crippen molar-refractivity contribution in [3.05, 3.63) is 27.7 Å². The minimum Gasteiger partial charge on any atom is -0.477 e. The predicted molar refractivity (Wildman–Crippen MR) is 108 cm³/mol. The predicted octanol–water partition coefficient (Wildman–Crippen LogP) is 1.56. The molecule has 0 radical (unpaired) electrons. The number of halogens is 4. The number of carbonyl (C=O) groups excluding carboxylic acids is 3. The third-order valence-electron chi connectivity index (χ3n) is 4.97. The summed E-state index contributed by atoms with van der Waals surface area (Å²) in [5.41, 5.74) is -1.24. The first-order chi connectivity index (χ1) is 15.3. The fourth-order valence-corrected chi connectivity index (χ4v) is 4.93. The van der Waals surface area contributed by atoms with Crippen LogP contribution < -0.4 is 5.32 Å². The molecule has 2 amide bonds. The minimum atomic E-state index is -4.74. The number of amides is 2. The summed E-state index contributed by atoms with van der Waals surface area (Å²) in [5.74, 6) is -3.08. The van der Waals surface area contributed by atoms with Gasteiger partial charge in [0.15, 0.2) is 5.69 Å². The van der Waals surface area contributed by atoms with E-state index in [1.54, 1.807) is 0 Å². The van der Waals surface area contributed by atoms with Crippen LogP contribution in [0, 0.1) is 6.92 Å². The van der Waals surface area contributed by atoms with Crippen LogP contribution in [0.25, 0.3) is 0 Å². The lowest BCUT2D eigenvalue weighted by Crippen LogP contribution is -2.70. The number of hydrogen-bond acceptors (Lipinski definition) is 7. The zero-order chi connectivity index (χ0) is 24.7. The second-order valence-corrected chi connectivity index (χ2v) is 8.69. The maximum atomic E-state index is 12.9. The number of carboxylic acid groups (broad SMARTS) is 1. The topological polar surface area (TPSA) is 131 Å². The molecular formula is C18H18ClF3N4O6S. The highest BCUT2D eigenvalue weighted by molar-refractivity contribution is 8.00. The first-order valence-corrected chi connectivity index (χ1v) is 10.9. The molecule has 3 rings (SSSR count). The Morgan fingerprint density at radius 1 is 1.36 bits per heavy atom. The van der Waals surface area contributed by atoms with Crippen molar-refractivity contribution in [1.29, 1.82) is 0 Å². The first kappa shape index (κ1) is 24.9. The number of alkyl halides is 3. The van der Waals surface area contributed by atoms with E-state index in [9.17, 15) is 37.5 Å². The smallest absolute Gasteiger partial charge is 0.436 e. The zero-order valence-electron chi connectivity index (χ0n) is 17.2. The van der Waals surface area contributed by atoms with Gasteiger partial charge in [-0.15, -0.1) is 11.8 Å². The van der Waals surface area contributed by atoms with Gasteiger partial charge >= 0.3 is 18.1 Å². The fraction of sp³-hybridized carbons (Fsp3) is 0.500. The van der Waals surface area contributed by atoms with Crippen LogP contribution in [0.15, 0.2) is 11.3 Å². The van der Waals surface area contributed by atoms with Crippen LogP contribution in [0.3, 0.4) is 0 Å². The molecule has 180 valence electrons. The Morgan fingerprint density at radius 2 is 2.03 bits per heavy atom. The molecule has 0 bridgehead atoms. The van der Waals surface area contributed by atoms with Gasteiger partial charge in [-0.1, -0.05) is 11.6 Å². The number of fused-ring (bicyclic) bond motifs is 1. The van der Waals surface area contributed by atoms with Gasteiger partial charge in [0.2, 0.25) is 5.91 Å². The zero-order valence-corrected chi connectivity index (χ0v) is 18.8. The molecule has 33 heavy (non-hydrogen) atoms. The Labute approximate surface area is 194 Å². The quantitative estimate of drug-likeness (QED) is 0.417. The van der Waals surface area contributed by atoms with Crippen molar-refractivity contribution in [3.8, 4) is 0 Å². The van der Waals surface area contributed by atoms with E-state index in [1.807, 2.05) is 0 Å². The second kappa shape index (κ2) is 9.25. The van der Waals surface area contributed by atoms with Crippen LogP contribution in [-0.4, -0.2) is 67.3 Å². The summed E-state index contributed by atoms with van der Waals surface area (Å²) in [5, 5.41) is 14.2. The molecule has 0 spiro atoms. The summed E-state index contributed by atoms with van der Waals surface area (Å²) in [6.07, 6.45) is -5.02. The molecule has 3 heterocycles. The molecule has 2 unspecified atom stereocenters. The van der Waals surface area contributed by atoms with Crippen LogP contribution in [-0.2, 0) is 36.6 Å². The Morgan fingerprint density at radius 3 is 2.58 bits per heavy atom. The number of esters is 1. The number of nitrogens with zero attached hydrogens (tertiary/aromatic N) is 3. The van der Waals surface area contributed by atoms with Crippen molar-refractivity contribution >= 4 is 47.1 Å². The van der Waals surface area contributed by atoms with E-state index in [4.69, 9.17) is 16.3 Å². The van der Waals surface area contributed by atoms with Crippen LogP contribution >= 0.6 is 23.4 Å². The fourth-order valence-electron chi connectivity index (χ4n) is 3.36. The van der Waals surface area contributed by atoms with Gasteiger partial charge < -0.3 is 15.2 Å². The van der Waals surface area contributed by atoms with Gasteiger partial charge in [-0.05, 0) is 6.92 Å². The van der Waals surface area contributed by atoms with Crippen LogP contribution in [0.2, 0.25) is 5.02 Å². The number of rotatable bonds is 7. The molecule has 1 aromatic heterocycles. The summed E-state index contributed by atoms with van der Waals surface area (Å²) >= 11 is 6.87. The van der Waals surface area contributed by atoms with Gasteiger partial charge in [-0.2, -0.15) is 18.3 Å². The molecule has 2 aliphatic heterocycles. The molecule has 1 fully saturated rings. The van der Waals surface area contributed by atoms with Crippen LogP contribution in [0.1, 0.15) is 24.7 Å². The van der Waals surface area contributed by atoms with Crippen molar-refractivity contribution in [1.82, 2.24) is 20.0 Å². The number of carbonyl (C=O) groups is 4. The lowest BCUT2D eigenvalue weighted by Gasteiger charge is -2.49. The van der Waals surface area contributed by atoms with Crippen molar-refractivity contribution < 1.29 is 42.2 Å². The largest absolute Gasteiger partial charge is 0.477 e. The molecule has 15 heteroatoms. The summed E-state index contributed by atoms with van der Waals surface area (Å²) in [7, 11) is 0. The number of aromatic nitrogens is 2. The molecule has 1 aromatic rings. The average molecular weight is 511 g/mol. The Kier molecular flexibility index (Phi) is 6.98. The summed E-state index contributed by atoms with van der Waals surface area (Å²) in [6, 6.07) is -1.000. The highest BCUT2D eigenvalue weighted by Crippen LogP contribution is 2.40. The van der Waals surface area contributed by atoms with Gasteiger partial charge in [0.1, 0.15) is 23.7 Å². The average Bonchev–Trinajstić information content (AvgIpc) is 3.02. The molecule has 0 saturated carbocycles. The van der Waals surface area contributed by atoms with Crippen molar-refractivity contribution in [3.63, 3.8) is 0 Å². The van der Waals surface area contributed by atoms with E-state index in [0.29, 0.717) is 0 Å². The SMILES string of the molecule is CC(=O)OCC1=C(C(=O)O)N2C(=O)C(NC(=O)CCn3nc(C(F)(F)F)c(Cl)c3C)C2SC1. The number of thioether (sulfide) groups is 1. The van der Waals surface area contributed by atoms with E-state index < -0.39 is 52.1 Å². The van der Waals surface area contributed by atoms with Gasteiger partial charge in [-0.25, -0.2) is 4.79 Å². The molecule has 2 atom stereocenters. The van der Waals surface area contributed by atoms with Crippen LogP contribution in [0.4, 0.5) is 13.2 Å². The van der Waals surface area contributed by atoms with E-state index in [-0.39, 0.29) is 42.3 Å². The number of aryl methyl sites for hydroxylation is 1. The summed E-state index contributed by atoms with van der Waals surface area (Å²) in [4.78, 5) is 48.6. The molecular weight excluding hydrogens is 493 g/mol. The van der Waals surface area contributed by atoms with E-state index in [0.717, 1.165) is 9.58 Å². The minimum absolute atomic E-state index is 0.0436. The number of hydrogen-bond donors (Lipinski definition) is 2. The Hall–Kier alpha value is -2.74. The molecule has 10 nitrogen and oxygen atoms in total. The Balaban J connectivity index is 1.64. The third kappa shape index (κ3) is 4.95. The highest BCUT2D eigenvalue weighted by atomic mass is 35.5. The van der Waals surface area contributed by atoms with Gasteiger partial charge in [0.25, 0.3) is 5.91 Å². The maximum absolute atomic E-state index is 12.9. The lowest BCUT2D eigenvalue weighted by atomic mass is 10.0. The number of carboxylic acids is 1. The molecule has 0 aromatic carbocycles. The van der Waals surface area contributed by atoms with Crippen molar-refractivity contribution in [2.24, 2.45) is 0 Å². The van der Waals surface area contributed by atoms with E-state index in [1.165, 1.54) is 25.6 Å². The first-order valence-electron chi connectivity index (χ1n) is 9.45. The van der Waals surface area contributed by atoms with Gasteiger partial charge in [0, 0.05) is 24.7 Å². The number of β-lactam (4-membered cyclic amide) rings is 1. The third-order valence-corrected chi connectivity index (χ3v) is 6.76. The normalized spacial score (nSPS) is 20.3. The van der Waals surface area contributed by atoms with Crippen molar-refractivity contribution in [2.75, 3.05) is 12.4 Å². The molecule has 1 saturated heterocycles. The summed E-state index contributed by atoms with van der Waals surface area (Å²) in [6.45, 7) is 2.02. The lowest BCUT2D eigenvalue weighted by molar-refractivity contribution is -0.151. The molecule has 2 aliphatic rings. The number of ether oxygens (including phenoxy) is 1.